The first-order valence-corrected chi connectivity index (χ1v) is 6.45. The summed E-state index contributed by atoms with van der Waals surface area (Å²) in [7, 11) is 0. The molecule has 2 aromatic carbocycles. The summed E-state index contributed by atoms with van der Waals surface area (Å²) >= 11 is 0. The van der Waals surface area contributed by atoms with Crippen LogP contribution in [-0.4, -0.2) is 11.1 Å². The van der Waals surface area contributed by atoms with E-state index in [4.69, 9.17) is 5.26 Å². The zero-order valence-corrected chi connectivity index (χ0v) is 11.3. The van der Waals surface area contributed by atoms with Crippen LogP contribution in [-0.2, 0) is 13.2 Å². The second-order valence-electron chi connectivity index (χ2n) is 4.43. The number of benzene rings is 2. The Morgan fingerprint density at radius 3 is 2.62 bits per heavy atom. The van der Waals surface area contributed by atoms with E-state index in [9.17, 15) is 9.90 Å². The number of nitriles is 1. The van der Waals surface area contributed by atoms with Gasteiger partial charge in [0.2, 0.25) is 0 Å². The summed E-state index contributed by atoms with van der Waals surface area (Å²) in [5, 5.41) is 23.4. The lowest BCUT2D eigenvalue weighted by Gasteiger charge is -2.10. The van der Waals surface area contributed by atoms with Crippen molar-refractivity contribution in [2.75, 3.05) is 5.32 Å². The van der Waals surface area contributed by atoms with Gasteiger partial charge in [-0.15, -0.1) is 0 Å². The minimum Gasteiger partial charge on any atom is -0.392 e. The predicted octanol–water partition coefficient (Wildman–Crippen LogP) is 2.37. The second-order valence-corrected chi connectivity index (χ2v) is 4.43. The summed E-state index contributed by atoms with van der Waals surface area (Å²) in [4.78, 5) is 11.8. The van der Waals surface area contributed by atoms with E-state index in [-0.39, 0.29) is 12.6 Å². The average Bonchev–Trinajstić information content (AvgIpc) is 2.53. The van der Waals surface area contributed by atoms with Crippen LogP contribution in [0.1, 0.15) is 16.7 Å². The maximum absolute atomic E-state index is 11.8. The lowest BCUT2D eigenvalue weighted by Crippen LogP contribution is -2.28. The minimum atomic E-state index is -0.363. The number of rotatable bonds is 4. The molecular formula is C16H15N3O2. The molecule has 5 heteroatoms. The molecule has 2 rings (SSSR count). The van der Waals surface area contributed by atoms with Gasteiger partial charge in [-0.25, -0.2) is 4.79 Å². The number of carbonyl (C=O) groups is 1. The topological polar surface area (TPSA) is 85.2 Å². The molecule has 5 nitrogen and oxygen atoms in total. The van der Waals surface area contributed by atoms with Gasteiger partial charge in [0.15, 0.2) is 0 Å². The Morgan fingerprint density at radius 2 is 1.90 bits per heavy atom. The number of aliphatic hydroxyl groups is 1. The van der Waals surface area contributed by atoms with E-state index >= 15 is 0 Å². The van der Waals surface area contributed by atoms with Gasteiger partial charge in [-0.3, -0.25) is 0 Å². The summed E-state index contributed by atoms with van der Waals surface area (Å²) in [6.45, 7) is 0.254. The molecule has 0 saturated carbocycles. The van der Waals surface area contributed by atoms with Crippen LogP contribution >= 0.6 is 0 Å². The normalized spacial score (nSPS) is 9.71. The summed E-state index contributed by atoms with van der Waals surface area (Å²) in [6, 6.07) is 15.7. The van der Waals surface area contributed by atoms with Gasteiger partial charge in [0, 0.05) is 12.2 Å². The molecule has 0 spiro atoms. The lowest BCUT2D eigenvalue weighted by molar-refractivity contribution is 0.251. The molecule has 106 valence electrons. The van der Waals surface area contributed by atoms with E-state index in [0.717, 1.165) is 11.1 Å². The van der Waals surface area contributed by atoms with Gasteiger partial charge in [0.1, 0.15) is 0 Å². The molecule has 0 heterocycles. The quantitative estimate of drug-likeness (QED) is 0.804. The van der Waals surface area contributed by atoms with Crippen molar-refractivity contribution >= 4 is 11.7 Å². The van der Waals surface area contributed by atoms with Crippen LogP contribution in [0.2, 0.25) is 0 Å². The molecule has 0 unspecified atom stereocenters. The highest BCUT2D eigenvalue weighted by Gasteiger charge is 2.05. The highest BCUT2D eigenvalue weighted by atomic mass is 16.3. The third kappa shape index (κ3) is 4.06. The molecule has 0 aliphatic carbocycles. The molecule has 0 aliphatic rings. The van der Waals surface area contributed by atoms with Crippen molar-refractivity contribution < 1.29 is 9.90 Å². The standard InChI is InChI=1S/C16H15N3O2/c17-9-12-4-3-7-15(8-12)19-16(21)18-10-13-5-1-2-6-14(13)11-20/h1-8,20H,10-11H2,(H2,18,19,21). The molecular weight excluding hydrogens is 266 g/mol. The third-order valence-electron chi connectivity index (χ3n) is 2.98. The largest absolute Gasteiger partial charge is 0.392 e. The summed E-state index contributed by atoms with van der Waals surface area (Å²) in [5.74, 6) is 0. The predicted molar refractivity (Wildman–Crippen MR) is 79.4 cm³/mol. The van der Waals surface area contributed by atoms with Crippen LogP contribution in [0, 0.1) is 11.3 Å². The highest BCUT2D eigenvalue weighted by molar-refractivity contribution is 5.89. The number of hydrogen-bond donors (Lipinski definition) is 3. The Morgan fingerprint density at radius 1 is 1.14 bits per heavy atom. The van der Waals surface area contributed by atoms with Crippen LogP contribution in [0.25, 0.3) is 0 Å². The fraction of sp³-hybridized carbons (Fsp3) is 0.125. The third-order valence-corrected chi connectivity index (χ3v) is 2.98. The number of carbonyl (C=O) groups excluding carboxylic acids is 1. The first-order chi connectivity index (χ1) is 10.2. The first-order valence-electron chi connectivity index (χ1n) is 6.45. The van der Waals surface area contributed by atoms with Crippen molar-refractivity contribution in [3.05, 3.63) is 65.2 Å². The second kappa shape index (κ2) is 7.08. The van der Waals surface area contributed by atoms with Crippen molar-refractivity contribution in [2.24, 2.45) is 0 Å². The summed E-state index contributed by atoms with van der Waals surface area (Å²) in [6.07, 6.45) is 0. The smallest absolute Gasteiger partial charge is 0.319 e. The van der Waals surface area contributed by atoms with E-state index in [2.05, 4.69) is 10.6 Å². The van der Waals surface area contributed by atoms with Crippen LogP contribution in [0.5, 0.6) is 0 Å². The number of nitrogens with one attached hydrogen (secondary N) is 2. The zero-order chi connectivity index (χ0) is 15.1. The molecule has 21 heavy (non-hydrogen) atoms. The average molecular weight is 281 g/mol. The molecule has 0 bridgehead atoms. The lowest BCUT2D eigenvalue weighted by atomic mass is 10.1. The van der Waals surface area contributed by atoms with E-state index in [1.165, 1.54) is 0 Å². The number of hydrogen-bond acceptors (Lipinski definition) is 3. The fourth-order valence-corrected chi connectivity index (χ4v) is 1.90. The van der Waals surface area contributed by atoms with E-state index in [1.54, 1.807) is 24.3 Å². The fourth-order valence-electron chi connectivity index (χ4n) is 1.90. The number of aliphatic hydroxyl groups excluding tert-OH is 1. The van der Waals surface area contributed by atoms with Gasteiger partial charge in [0.05, 0.1) is 18.2 Å². The van der Waals surface area contributed by atoms with Crippen molar-refractivity contribution in [3.8, 4) is 6.07 Å². The SMILES string of the molecule is N#Cc1cccc(NC(=O)NCc2ccccc2CO)c1. The maximum Gasteiger partial charge on any atom is 0.319 e. The molecule has 2 aromatic rings. The zero-order valence-electron chi connectivity index (χ0n) is 11.3. The number of anilines is 1. The number of amides is 2. The molecule has 3 N–H and O–H groups in total. The molecule has 0 fully saturated rings. The van der Waals surface area contributed by atoms with Gasteiger partial charge < -0.3 is 15.7 Å². The number of urea groups is 1. The Balaban J connectivity index is 1.94. The molecule has 0 radical (unpaired) electrons. The van der Waals surface area contributed by atoms with Crippen molar-refractivity contribution in [1.82, 2.24) is 5.32 Å². The molecule has 0 aromatic heterocycles. The van der Waals surface area contributed by atoms with Crippen molar-refractivity contribution in [1.29, 1.82) is 5.26 Å². The molecule has 0 aliphatic heterocycles. The Bertz CT molecular complexity index is 677. The minimum absolute atomic E-state index is 0.0658. The van der Waals surface area contributed by atoms with E-state index in [1.807, 2.05) is 30.3 Å². The van der Waals surface area contributed by atoms with Crippen LogP contribution in [0.3, 0.4) is 0 Å². The van der Waals surface area contributed by atoms with Gasteiger partial charge in [-0.1, -0.05) is 30.3 Å². The van der Waals surface area contributed by atoms with Gasteiger partial charge >= 0.3 is 6.03 Å². The number of nitrogens with zero attached hydrogens (tertiary/aromatic N) is 1. The maximum atomic E-state index is 11.8. The van der Waals surface area contributed by atoms with E-state index in [0.29, 0.717) is 17.8 Å². The van der Waals surface area contributed by atoms with Gasteiger partial charge in [-0.2, -0.15) is 5.26 Å². The Hall–Kier alpha value is -2.84. The van der Waals surface area contributed by atoms with E-state index < -0.39 is 0 Å². The van der Waals surface area contributed by atoms with Crippen LogP contribution in [0.15, 0.2) is 48.5 Å². The summed E-state index contributed by atoms with van der Waals surface area (Å²) in [5.41, 5.74) is 2.69. The highest BCUT2D eigenvalue weighted by Crippen LogP contribution is 2.10. The van der Waals surface area contributed by atoms with Crippen LogP contribution in [0.4, 0.5) is 10.5 Å². The molecule has 0 saturated heterocycles. The van der Waals surface area contributed by atoms with Gasteiger partial charge in [-0.05, 0) is 29.3 Å². The summed E-state index contributed by atoms with van der Waals surface area (Å²) < 4.78 is 0. The molecule has 0 atom stereocenters. The Kier molecular flexibility index (Phi) is 4.91. The van der Waals surface area contributed by atoms with Crippen LogP contribution < -0.4 is 10.6 Å². The van der Waals surface area contributed by atoms with Gasteiger partial charge in [0.25, 0.3) is 0 Å². The monoisotopic (exact) mass is 281 g/mol. The molecule has 2 amide bonds. The Labute approximate surface area is 122 Å². The first kappa shape index (κ1) is 14.6. The van der Waals surface area contributed by atoms with Crippen molar-refractivity contribution in [3.63, 3.8) is 0 Å². The van der Waals surface area contributed by atoms with Crippen molar-refractivity contribution in [2.45, 2.75) is 13.2 Å².